The maximum atomic E-state index is 12.0. The molecule has 0 bridgehead atoms. The highest BCUT2D eigenvalue weighted by atomic mass is 16.2. The molecule has 0 atom stereocenters. The van der Waals surface area contributed by atoms with E-state index in [-0.39, 0.29) is 12.5 Å². The highest BCUT2D eigenvalue weighted by molar-refractivity contribution is 5.76. The monoisotopic (exact) mass is 372 g/mol. The van der Waals surface area contributed by atoms with Crippen molar-refractivity contribution in [3.63, 3.8) is 0 Å². The number of hydrogen-bond donors (Lipinski definition) is 3. The number of fused-ring (bicyclic) bond motifs is 1. The van der Waals surface area contributed by atoms with Crippen LogP contribution in [0.4, 0.5) is 0 Å². The van der Waals surface area contributed by atoms with Crippen LogP contribution in [0.5, 0.6) is 0 Å². The van der Waals surface area contributed by atoms with Gasteiger partial charge in [-0.15, -0.1) is 0 Å². The number of hydrogen-bond acceptors (Lipinski definition) is 5. The molecule has 1 aromatic carbocycles. The first-order valence-corrected chi connectivity index (χ1v) is 10.3. The molecule has 7 nitrogen and oxygen atoms in total. The van der Waals surface area contributed by atoms with Crippen LogP contribution >= 0.6 is 0 Å². The average molecular weight is 373 g/mol. The lowest BCUT2D eigenvalue weighted by Gasteiger charge is -2.22. The Morgan fingerprint density at radius 3 is 2.41 bits per heavy atom. The van der Waals surface area contributed by atoms with Gasteiger partial charge in [0.25, 0.3) is 0 Å². The van der Waals surface area contributed by atoms with Crippen LogP contribution in [0, 0.1) is 0 Å². The number of benzene rings is 1. The van der Waals surface area contributed by atoms with E-state index in [9.17, 15) is 4.79 Å². The molecular weight excluding hydrogens is 340 g/mol. The second kappa shape index (κ2) is 11.0. The van der Waals surface area contributed by atoms with E-state index in [0.29, 0.717) is 6.54 Å². The molecule has 0 unspecified atom stereocenters. The van der Waals surface area contributed by atoms with Crippen molar-refractivity contribution in [1.29, 1.82) is 0 Å². The molecule has 2 aromatic rings. The van der Waals surface area contributed by atoms with Crippen LogP contribution in [0.15, 0.2) is 24.3 Å². The smallest absolute Gasteiger partial charge is 0.243 e. The molecule has 0 spiro atoms. The molecule has 1 fully saturated rings. The van der Waals surface area contributed by atoms with E-state index in [0.717, 1.165) is 49.6 Å². The van der Waals surface area contributed by atoms with Crippen LogP contribution in [0.2, 0.25) is 0 Å². The lowest BCUT2D eigenvalue weighted by atomic mass is 9.95. The van der Waals surface area contributed by atoms with E-state index in [1.807, 2.05) is 24.3 Å². The zero-order valence-corrected chi connectivity index (χ0v) is 16.1. The maximum absolute atomic E-state index is 12.0. The van der Waals surface area contributed by atoms with E-state index in [1.54, 1.807) is 0 Å². The Morgan fingerprint density at radius 1 is 0.963 bits per heavy atom. The first-order valence-electron chi connectivity index (χ1n) is 10.3. The number of nitrogens with one attached hydrogen (secondary N) is 3. The minimum absolute atomic E-state index is 0.0417. The molecule has 7 heteroatoms. The van der Waals surface area contributed by atoms with E-state index in [4.69, 9.17) is 0 Å². The fourth-order valence-electron chi connectivity index (χ4n) is 3.56. The van der Waals surface area contributed by atoms with Gasteiger partial charge in [0.1, 0.15) is 17.6 Å². The van der Waals surface area contributed by atoms with E-state index in [2.05, 4.69) is 26.1 Å². The molecule has 27 heavy (non-hydrogen) atoms. The zero-order valence-electron chi connectivity index (χ0n) is 16.1. The van der Waals surface area contributed by atoms with E-state index in [1.165, 1.54) is 36.9 Å². The van der Waals surface area contributed by atoms with Crippen LogP contribution in [0.1, 0.15) is 44.9 Å². The van der Waals surface area contributed by atoms with Gasteiger partial charge in [0.05, 0.1) is 0 Å². The summed E-state index contributed by atoms with van der Waals surface area (Å²) in [6.07, 6.45) is 8.88. The van der Waals surface area contributed by atoms with Crippen LogP contribution in [-0.2, 0) is 11.3 Å². The quantitative estimate of drug-likeness (QED) is 0.524. The van der Waals surface area contributed by atoms with Crippen molar-refractivity contribution >= 4 is 16.9 Å². The third kappa shape index (κ3) is 6.92. The number of aromatic nitrogens is 3. The first-order chi connectivity index (χ1) is 13.3. The predicted molar refractivity (Wildman–Crippen MR) is 108 cm³/mol. The minimum Gasteiger partial charge on any atom is -0.354 e. The molecule has 1 aliphatic carbocycles. The molecule has 0 saturated heterocycles. The lowest BCUT2D eigenvalue weighted by molar-refractivity contribution is -0.122. The van der Waals surface area contributed by atoms with Crippen LogP contribution in [-0.4, -0.2) is 53.1 Å². The fourth-order valence-corrected chi connectivity index (χ4v) is 3.56. The Bertz CT molecular complexity index is 662. The summed E-state index contributed by atoms with van der Waals surface area (Å²) in [6.45, 7) is 3.92. The molecule has 1 saturated carbocycles. The van der Waals surface area contributed by atoms with E-state index >= 15 is 0 Å². The summed E-state index contributed by atoms with van der Waals surface area (Å²) in [5, 5.41) is 18.6. The summed E-state index contributed by atoms with van der Waals surface area (Å²) in [5.41, 5.74) is 1.63. The predicted octanol–water partition coefficient (Wildman–Crippen LogP) is 1.84. The molecule has 0 aliphatic heterocycles. The second-order valence-electron chi connectivity index (χ2n) is 7.32. The van der Waals surface area contributed by atoms with Crippen molar-refractivity contribution in [1.82, 2.24) is 30.9 Å². The van der Waals surface area contributed by atoms with Gasteiger partial charge in [0.2, 0.25) is 5.91 Å². The number of unbranched alkanes of at least 4 members (excludes halogenated alkanes) is 1. The number of carbonyl (C=O) groups excluding carboxylic acids is 1. The topological polar surface area (TPSA) is 83.9 Å². The zero-order chi connectivity index (χ0) is 18.7. The third-order valence-electron chi connectivity index (χ3n) is 5.06. The van der Waals surface area contributed by atoms with Gasteiger partial charge in [0.15, 0.2) is 0 Å². The molecule has 1 amide bonds. The Labute approximate surface area is 161 Å². The first kappa shape index (κ1) is 19.8. The Balaban J connectivity index is 1.17. The summed E-state index contributed by atoms with van der Waals surface area (Å²) in [6, 6.07) is 8.36. The minimum atomic E-state index is -0.0417. The number of amides is 1. The van der Waals surface area contributed by atoms with Crippen molar-refractivity contribution < 1.29 is 4.79 Å². The molecule has 1 aliphatic rings. The molecule has 148 valence electrons. The number of carbonyl (C=O) groups is 1. The van der Waals surface area contributed by atoms with Crippen LogP contribution in [0.25, 0.3) is 11.0 Å². The van der Waals surface area contributed by atoms with E-state index < -0.39 is 0 Å². The van der Waals surface area contributed by atoms with Crippen molar-refractivity contribution in [2.45, 2.75) is 57.5 Å². The summed E-state index contributed by atoms with van der Waals surface area (Å²) < 4.78 is 0. The van der Waals surface area contributed by atoms with Gasteiger partial charge in [-0.1, -0.05) is 31.4 Å². The maximum Gasteiger partial charge on any atom is 0.243 e. The molecule has 1 aromatic heterocycles. The molecule has 3 N–H and O–H groups in total. The lowest BCUT2D eigenvalue weighted by Crippen LogP contribution is -2.36. The van der Waals surface area contributed by atoms with Crippen molar-refractivity contribution in [2.24, 2.45) is 0 Å². The van der Waals surface area contributed by atoms with Crippen molar-refractivity contribution in [3.8, 4) is 0 Å². The normalized spacial score (nSPS) is 15.3. The van der Waals surface area contributed by atoms with Gasteiger partial charge in [-0.05, 0) is 44.4 Å². The van der Waals surface area contributed by atoms with Gasteiger partial charge in [-0.3, -0.25) is 4.79 Å². The summed E-state index contributed by atoms with van der Waals surface area (Å²) in [7, 11) is 0. The molecule has 0 radical (unpaired) electrons. The van der Waals surface area contributed by atoms with Crippen LogP contribution < -0.4 is 16.0 Å². The van der Waals surface area contributed by atoms with Gasteiger partial charge in [-0.25, -0.2) is 0 Å². The molecule has 3 rings (SSSR count). The molecule has 1 heterocycles. The summed E-state index contributed by atoms with van der Waals surface area (Å²) in [4.78, 5) is 13.4. The molecular formula is C20H32N6O. The standard InChI is InChI=1S/C20H32N6O/c27-20(16-26-24-18-10-4-5-11-19(18)25-26)23-13-7-6-12-21-14-15-22-17-8-2-1-3-9-17/h4-5,10-11,17,21-22H,1-3,6-9,12-16H2,(H,23,27). The Kier molecular flexibility index (Phi) is 8.04. The highest BCUT2D eigenvalue weighted by Gasteiger charge is 2.11. The largest absolute Gasteiger partial charge is 0.354 e. The number of rotatable bonds is 11. The third-order valence-corrected chi connectivity index (χ3v) is 5.06. The van der Waals surface area contributed by atoms with Crippen molar-refractivity contribution in [3.05, 3.63) is 24.3 Å². The average Bonchev–Trinajstić information content (AvgIpc) is 3.09. The Morgan fingerprint density at radius 2 is 1.67 bits per heavy atom. The SMILES string of the molecule is O=C(Cn1nc2ccccc2n1)NCCCCNCCNC1CCCCC1. The number of nitrogens with zero attached hydrogens (tertiary/aromatic N) is 3. The highest BCUT2D eigenvalue weighted by Crippen LogP contribution is 2.16. The van der Waals surface area contributed by atoms with Gasteiger partial charge >= 0.3 is 0 Å². The summed E-state index contributed by atoms with van der Waals surface area (Å²) in [5.74, 6) is -0.0417. The Hall–Kier alpha value is -1.99. The second-order valence-corrected chi connectivity index (χ2v) is 7.32. The van der Waals surface area contributed by atoms with Crippen molar-refractivity contribution in [2.75, 3.05) is 26.2 Å². The van der Waals surface area contributed by atoms with Gasteiger partial charge in [-0.2, -0.15) is 15.0 Å². The van der Waals surface area contributed by atoms with Crippen LogP contribution in [0.3, 0.4) is 0 Å². The summed E-state index contributed by atoms with van der Waals surface area (Å²) >= 11 is 0. The van der Waals surface area contributed by atoms with Gasteiger partial charge < -0.3 is 16.0 Å². The fraction of sp³-hybridized carbons (Fsp3) is 0.650. The van der Waals surface area contributed by atoms with Gasteiger partial charge in [0, 0.05) is 25.7 Å².